The van der Waals surface area contributed by atoms with Crippen molar-refractivity contribution in [1.29, 1.82) is 0 Å². The Morgan fingerprint density at radius 1 is 1.35 bits per heavy atom. The highest BCUT2D eigenvalue weighted by atomic mass is 16.5. The molecule has 2 N–H and O–H groups in total. The zero-order valence-electron chi connectivity index (χ0n) is 10.5. The van der Waals surface area contributed by atoms with Crippen LogP contribution in [-0.4, -0.2) is 13.7 Å². The third-order valence-electron chi connectivity index (χ3n) is 4.56. The lowest BCUT2D eigenvalue weighted by Gasteiger charge is -2.41. The Morgan fingerprint density at radius 2 is 2.12 bits per heavy atom. The van der Waals surface area contributed by atoms with Gasteiger partial charge in [-0.2, -0.15) is 0 Å². The molecule has 1 aromatic rings. The molecule has 17 heavy (non-hydrogen) atoms. The molecule has 0 unspecified atom stereocenters. The summed E-state index contributed by atoms with van der Waals surface area (Å²) in [6.45, 7) is 0.763. The molecule has 0 bridgehead atoms. The smallest absolute Gasteiger partial charge is 0.122 e. The monoisotopic (exact) mass is 231 g/mol. The second-order valence-electron chi connectivity index (χ2n) is 5.57. The fourth-order valence-corrected chi connectivity index (χ4v) is 2.99. The maximum absolute atomic E-state index is 5.96. The average Bonchev–Trinajstić information content (AvgIpc) is 3.12. The number of hydrogen-bond acceptors (Lipinski definition) is 2. The van der Waals surface area contributed by atoms with E-state index in [9.17, 15) is 0 Å². The fraction of sp³-hybridized carbons (Fsp3) is 0.600. The van der Waals surface area contributed by atoms with E-state index < -0.39 is 0 Å². The van der Waals surface area contributed by atoms with Gasteiger partial charge in [0.1, 0.15) is 5.75 Å². The van der Waals surface area contributed by atoms with Crippen LogP contribution in [0.2, 0.25) is 0 Å². The molecule has 0 heterocycles. The van der Waals surface area contributed by atoms with E-state index in [2.05, 4.69) is 18.2 Å². The maximum atomic E-state index is 5.96. The first kappa shape index (κ1) is 11.1. The van der Waals surface area contributed by atoms with Crippen molar-refractivity contribution in [2.45, 2.75) is 43.4 Å². The highest BCUT2D eigenvalue weighted by Crippen LogP contribution is 2.48. The molecule has 0 radical (unpaired) electrons. The molecule has 2 saturated carbocycles. The first-order valence-corrected chi connectivity index (χ1v) is 6.67. The van der Waals surface area contributed by atoms with E-state index in [1.54, 1.807) is 7.11 Å². The topological polar surface area (TPSA) is 35.2 Å². The van der Waals surface area contributed by atoms with E-state index in [4.69, 9.17) is 10.5 Å². The molecular formula is C15H21NO. The van der Waals surface area contributed by atoms with Gasteiger partial charge in [0.05, 0.1) is 7.11 Å². The van der Waals surface area contributed by atoms with Gasteiger partial charge in [0.2, 0.25) is 0 Å². The van der Waals surface area contributed by atoms with Gasteiger partial charge in [0, 0.05) is 12.0 Å². The molecule has 0 spiro atoms. The average molecular weight is 231 g/mol. The van der Waals surface area contributed by atoms with Gasteiger partial charge in [-0.3, -0.25) is 0 Å². The molecule has 1 aromatic carbocycles. The molecule has 2 heteroatoms. The number of ether oxygens (including phenoxy) is 1. The van der Waals surface area contributed by atoms with E-state index in [-0.39, 0.29) is 5.41 Å². The Bertz CT molecular complexity index is 413. The Balaban J connectivity index is 1.95. The standard InChI is InChI=1S/C15H21NO/c1-17-14-9-12(15(10-16)7-2-8-15)5-6-13(14)11-3-4-11/h5-6,9,11H,2-4,7-8,10,16H2,1H3. The Morgan fingerprint density at radius 3 is 2.59 bits per heavy atom. The lowest BCUT2D eigenvalue weighted by Crippen LogP contribution is -2.41. The predicted molar refractivity (Wildman–Crippen MR) is 69.6 cm³/mol. The van der Waals surface area contributed by atoms with Crippen LogP contribution >= 0.6 is 0 Å². The van der Waals surface area contributed by atoms with Crippen LogP contribution in [0.4, 0.5) is 0 Å². The lowest BCUT2D eigenvalue weighted by atomic mass is 9.64. The predicted octanol–water partition coefficient (Wildman–Crippen LogP) is 2.95. The van der Waals surface area contributed by atoms with Gasteiger partial charge in [-0.05, 0) is 48.8 Å². The van der Waals surface area contributed by atoms with Crippen molar-refractivity contribution < 1.29 is 4.74 Å². The Hall–Kier alpha value is -1.02. The van der Waals surface area contributed by atoms with Crippen LogP contribution in [0.25, 0.3) is 0 Å². The zero-order valence-corrected chi connectivity index (χ0v) is 10.5. The highest BCUT2D eigenvalue weighted by Gasteiger charge is 2.38. The van der Waals surface area contributed by atoms with Crippen molar-refractivity contribution in [3.63, 3.8) is 0 Å². The van der Waals surface area contributed by atoms with Gasteiger partial charge in [-0.15, -0.1) is 0 Å². The minimum atomic E-state index is 0.245. The number of rotatable bonds is 4. The summed E-state index contributed by atoms with van der Waals surface area (Å²) >= 11 is 0. The molecule has 2 aliphatic carbocycles. The van der Waals surface area contributed by atoms with Gasteiger partial charge < -0.3 is 10.5 Å². The molecule has 0 atom stereocenters. The van der Waals surface area contributed by atoms with Crippen molar-refractivity contribution in [3.05, 3.63) is 29.3 Å². The quantitative estimate of drug-likeness (QED) is 0.864. The summed E-state index contributed by atoms with van der Waals surface area (Å²) < 4.78 is 5.55. The fourth-order valence-electron chi connectivity index (χ4n) is 2.99. The summed E-state index contributed by atoms with van der Waals surface area (Å²) in [5, 5.41) is 0. The Labute approximate surface area is 103 Å². The molecule has 0 aliphatic heterocycles. The van der Waals surface area contributed by atoms with E-state index >= 15 is 0 Å². The summed E-state index contributed by atoms with van der Waals surface area (Å²) in [5.41, 5.74) is 8.98. The molecule has 0 saturated heterocycles. The van der Waals surface area contributed by atoms with Crippen LogP contribution in [0.15, 0.2) is 18.2 Å². The number of hydrogen-bond donors (Lipinski definition) is 1. The number of nitrogens with two attached hydrogens (primary N) is 1. The second-order valence-corrected chi connectivity index (χ2v) is 5.57. The Kier molecular flexibility index (Phi) is 2.62. The molecule has 3 rings (SSSR count). The summed E-state index contributed by atoms with van der Waals surface area (Å²) in [7, 11) is 1.78. The third kappa shape index (κ3) is 1.75. The summed E-state index contributed by atoms with van der Waals surface area (Å²) in [4.78, 5) is 0. The van der Waals surface area contributed by atoms with Crippen molar-refractivity contribution in [2.75, 3.05) is 13.7 Å². The SMILES string of the molecule is COc1cc(C2(CN)CCC2)ccc1C1CC1. The van der Waals surface area contributed by atoms with Crippen molar-refractivity contribution in [2.24, 2.45) is 5.73 Å². The summed E-state index contributed by atoms with van der Waals surface area (Å²) in [6, 6.07) is 6.78. The van der Waals surface area contributed by atoms with Gasteiger partial charge in [0.15, 0.2) is 0 Å². The molecule has 2 nitrogen and oxygen atoms in total. The molecular weight excluding hydrogens is 210 g/mol. The van der Waals surface area contributed by atoms with Gasteiger partial charge in [-0.25, -0.2) is 0 Å². The number of benzene rings is 1. The van der Waals surface area contributed by atoms with E-state index in [1.807, 2.05) is 0 Å². The van der Waals surface area contributed by atoms with Crippen LogP contribution in [0.1, 0.15) is 49.1 Å². The van der Waals surface area contributed by atoms with E-state index in [1.165, 1.54) is 43.2 Å². The first-order chi connectivity index (χ1) is 8.29. The largest absolute Gasteiger partial charge is 0.496 e. The van der Waals surface area contributed by atoms with Crippen molar-refractivity contribution in [3.8, 4) is 5.75 Å². The second kappa shape index (κ2) is 4.02. The van der Waals surface area contributed by atoms with Crippen LogP contribution < -0.4 is 10.5 Å². The summed E-state index contributed by atoms with van der Waals surface area (Å²) in [5.74, 6) is 1.82. The normalized spacial score (nSPS) is 22.0. The van der Waals surface area contributed by atoms with Crippen LogP contribution in [0, 0.1) is 0 Å². The first-order valence-electron chi connectivity index (χ1n) is 6.67. The lowest BCUT2D eigenvalue weighted by molar-refractivity contribution is 0.252. The highest BCUT2D eigenvalue weighted by molar-refractivity contribution is 5.45. The van der Waals surface area contributed by atoms with Gasteiger partial charge >= 0.3 is 0 Å². The van der Waals surface area contributed by atoms with Gasteiger partial charge in [-0.1, -0.05) is 18.6 Å². The molecule has 0 amide bonds. The van der Waals surface area contributed by atoms with E-state index in [0.29, 0.717) is 0 Å². The number of methoxy groups -OCH3 is 1. The minimum Gasteiger partial charge on any atom is -0.496 e. The van der Waals surface area contributed by atoms with Crippen LogP contribution in [-0.2, 0) is 5.41 Å². The molecule has 2 fully saturated rings. The maximum Gasteiger partial charge on any atom is 0.122 e. The van der Waals surface area contributed by atoms with Crippen LogP contribution in [0.5, 0.6) is 5.75 Å². The van der Waals surface area contributed by atoms with Crippen molar-refractivity contribution >= 4 is 0 Å². The molecule has 92 valence electrons. The third-order valence-corrected chi connectivity index (χ3v) is 4.56. The molecule has 2 aliphatic rings. The zero-order chi connectivity index (χ0) is 11.9. The van der Waals surface area contributed by atoms with Crippen molar-refractivity contribution in [1.82, 2.24) is 0 Å². The van der Waals surface area contributed by atoms with E-state index in [0.717, 1.165) is 18.2 Å². The summed E-state index contributed by atoms with van der Waals surface area (Å²) in [6.07, 6.45) is 6.41. The molecule has 0 aromatic heterocycles. The van der Waals surface area contributed by atoms with Gasteiger partial charge in [0.25, 0.3) is 0 Å². The minimum absolute atomic E-state index is 0.245. The van der Waals surface area contributed by atoms with Crippen LogP contribution in [0.3, 0.4) is 0 Å².